The van der Waals surface area contributed by atoms with Crippen molar-refractivity contribution in [3.05, 3.63) is 16.7 Å². The Bertz CT molecular complexity index is 597. The van der Waals surface area contributed by atoms with Crippen molar-refractivity contribution >= 4 is 31.8 Å². The van der Waals surface area contributed by atoms with Crippen LogP contribution in [0, 0.1) is 17.2 Å². The summed E-state index contributed by atoms with van der Waals surface area (Å²) in [5.41, 5.74) is 0. The summed E-state index contributed by atoms with van der Waals surface area (Å²) >= 11 is 3.21. The summed E-state index contributed by atoms with van der Waals surface area (Å²) in [6.45, 7) is 1.80. The van der Waals surface area contributed by atoms with Crippen molar-refractivity contribution in [2.75, 3.05) is 26.0 Å². The van der Waals surface area contributed by atoms with E-state index in [4.69, 9.17) is 5.26 Å². The minimum absolute atomic E-state index is 0.0806. The lowest BCUT2D eigenvalue weighted by molar-refractivity contribution is 0.439. The van der Waals surface area contributed by atoms with Gasteiger partial charge in [0.1, 0.15) is 10.7 Å². The van der Waals surface area contributed by atoms with E-state index in [9.17, 15) is 8.42 Å². The van der Waals surface area contributed by atoms with E-state index in [0.29, 0.717) is 4.47 Å². The molecule has 0 aliphatic carbocycles. The predicted octanol–water partition coefficient (Wildman–Crippen LogP) is 1.67. The molecular formula is C11H15BrN4O2S. The molecule has 0 saturated carbocycles. The molecule has 0 aromatic carbocycles. The van der Waals surface area contributed by atoms with Gasteiger partial charge in [-0.2, -0.15) is 9.57 Å². The van der Waals surface area contributed by atoms with Crippen LogP contribution < -0.4 is 5.32 Å². The summed E-state index contributed by atoms with van der Waals surface area (Å²) < 4.78 is 26.6. The predicted molar refractivity (Wildman–Crippen MR) is 76.1 cm³/mol. The first-order chi connectivity index (χ1) is 8.82. The first-order valence-electron chi connectivity index (χ1n) is 5.52. The molecule has 1 N–H and O–H groups in total. The molecule has 104 valence electrons. The lowest BCUT2D eigenvalue weighted by Gasteiger charge is -2.19. The fourth-order valence-electron chi connectivity index (χ4n) is 1.50. The van der Waals surface area contributed by atoms with Crippen molar-refractivity contribution in [3.8, 4) is 6.07 Å². The molecule has 1 rings (SSSR count). The van der Waals surface area contributed by atoms with Crippen LogP contribution in [0.3, 0.4) is 0 Å². The Morgan fingerprint density at radius 2 is 2.26 bits per heavy atom. The highest BCUT2D eigenvalue weighted by Crippen LogP contribution is 2.25. The third-order valence-electron chi connectivity index (χ3n) is 2.50. The Kier molecular flexibility index (Phi) is 5.29. The van der Waals surface area contributed by atoms with Gasteiger partial charge >= 0.3 is 0 Å². The molecule has 1 unspecified atom stereocenters. The second-order valence-corrected chi connectivity index (χ2v) is 6.99. The highest BCUT2D eigenvalue weighted by Gasteiger charge is 2.26. The van der Waals surface area contributed by atoms with Crippen LogP contribution in [-0.2, 0) is 10.0 Å². The van der Waals surface area contributed by atoms with E-state index in [1.54, 1.807) is 14.0 Å². The topological polar surface area (TPSA) is 86.1 Å². The van der Waals surface area contributed by atoms with Crippen LogP contribution >= 0.6 is 15.9 Å². The number of sulfonamides is 1. The maximum absolute atomic E-state index is 12.4. The Balaban J connectivity index is 3.20. The highest BCUT2D eigenvalue weighted by atomic mass is 79.9. The van der Waals surface area contributed by atoms with Crippen LogP contribution in [0.5, 0.6) is 0 Å². The van der Waals surface area contributed by atoms with Crippen molar-refractivity contribution < 1.29 is 8.42 Å². The van der Waals surface area contributed by atoms with Gasteiger partial charge in [0, 0.05) is 31.3 Å². The number of nitrogens with one attached hydrogen (secondary N) is 1. The van der Waals surface area contributed by atoms with Crippen molar-refractivity contribution in [2.24, 2.45) is 5.92 Å². The van der Waals surface area contributed by atoms with Crippen molar-refractivity contribution in [2.45, 2.75) is 11.8 Å². The average Bonchev–Trinajstić information content (AvgIpc) is 2.38. The molecule has 0 aliphatic heterocycles. The lowest BCUT2D eigenvalue weighted by Crippen LogP contribution is -2.31. The normalized spacial score (nSPS) is 13.1. The van der Waals surface area contributed by atoms with Crippen molar-refractivity contribution in [1.29, 1.82) is 5.26 Å². The fraction of sp³-hybridized carbons (Fsp3) is 0.455. The van der Waals surface area contributed by atoms with Gasteiger partial charge in [-0.1, -0.05) is 0 Å². The molecular weight excluding hydrogens is 332 g/mol. The monoisotopic (exact) mass is 346 g/mol. The number of rotatable bonds is 5. The minimum atomic E-state index is -3.68. The SMILES string of the molecule is CNc1ncc(Br)cc1S(=O)(=O)N(C)CC(C)C#N. The number of hydrogen-bond donors (Lipinski definition) is 1. The Labute approximate surface area is 121 Å². The molecule has 1 heterocycles. The molecule has 8 heteroatoms. The molecule has 0 radical (unpaired) electrons. The number of halogens is 1. The Morgan fingerprint density at radius 1 is 1.63 bits per heavy atom. The second-order valence-electron chi connectivity index (χ2n) is 4.07. The number of nitrogens with zero attached hydrogens (tertiary/aromatic N) is 3. The summed E-state index contributed by atoms with van der Waals surface area (Å²) in [7, 11) is -0.630. The van der Waals surface area contributed by atoms with Gasteiger partial charge in [0.2, 0.25) is 10.0 Å². The molecule has 0 spiro atoms. The smallest absolute Gasteiger partial charge is 0.246 e. The summed E-state index contributed by atoms with van der Waals surface area (Å²) in [4.78, 5) is 4.10. The van der Waals surface area contributed by atoms with Gasteiger partial charge < -0.3 is 5.32 Å². The highest BCUT2D eigenvalue weighted by molar-refractivity contribution is 9.10. The molecule has 0 fully saturated rings. The fourth-order valence-corrected chi connectivity index (χ4v) is 3.41. The zero-order valence-electron chi connectivity index (χ0n) is 10.9. The van der Waals surface area contributed by atoms with E-state index in [1.165, 1.54) is 19.3 Å². The zero-order valence-corrected chi connectivity index (χ0v) is 13.3. The number of aromatic nitrogens is 1. The molecule has 0 bridgehead atoms. The van der Waals surface area contributed by atoms with E-state index in [-0.39, 0.29) is 23.2 Å². The van der Waals surface area contributed by atoms with Gasteiger partial charge in [-0.3, -0.25) is 0 Å². The molecule has 19 heavy (non-hydrogen) atoms. The number of nitriles is 1. The van der Waals surface area contributed by atoms with Crippen LogP contribution in [0.1, 0.15) is 6.92 Å². The van der Waals surface area contributed by atoms with Crippen LogP contribution in [0.4, 0.5) is 5.82 Å². The molecule has 1 aromatic heterocycles. The summed E-state index contributed by atoms with van der Waals surface area (Å²) in [6.07, 6.45) is 1.52. The van der Waals surface area contributed by atoms with E-state index >= 15 is 0 Å². The average molecular weight is 347 g/mol. The molecule has 6 nitrogen and oxygen atoms in total. The van der Waals surface area contributed by atoms with Gasteiger partial charge in [0.15, 0.2) is 0 Å². The van der Waals surface area contributed by atoms with Gasteiger partial charge in [0.25, 0.3) is 0 Å². The van der Waals surface area contributed by atoms with Gasteiger partial charge in [-0.25, -0.2) is 13.4 Å². The largest absolute Gasteiger partial charge is 0.372 e. The van der Waals surface area contributed by atoms with Crippen molar-refractivity contribution in [3.63, 3.8) is 0 Å². The molecule has 0 saturated heterocycles. The maximum atomic E-state index is 12.4. The molecule has 1 atom stereocenters. The first-order valence-corrected chi connectivity index (χ1v) is 7.75. The van der Waals surface area contributed by atoms with Gasteiger partial charge in [0.05, 0.1) is 12.0 Å². The lowest BCUT2D eigenvalue weighted by atomic mass is 10.2. The third-order valence-corrected chi connectivity index (χ3v) is 4.77. The molecule has 0 amide bonds. The third kappa shape index (κ3) is 3.65. The standard InChI is InChI=1S/C11H15BrN4O2S/c1-8(5-13)7-16(3)19(17,18)10-4-9(12)6-15-11(10)14-2/h4,6,8H,7H2,1-3H3,(H,14,15). The van der Waals surface area contributed by atoms with Crippen LogP contribution in [-0.4, -0.2) is 38.3 Å². The van der Waals surface area contributed by atoms with Gasteiger partial charge in [-0.05, 0) is 28.9 Å². The minimum Gasteiger partial charge on any atom is -0.372 e. The van der Waals surface area contributed by atoms with Crippen LogP contribution in [0.15, 0.2) is 21.6 Å². The van der Waals surface area contributed by atoms with Crippen LogP contribution in [0.25, 0.3) is 0 Å². The van der Waals surface area contributed by atoms with E-state index in [0.717, 1.165) is 4.31 Å². The summed E-state index contributed by atoms with van der Waals surface area (Å²) in [6, 6.07) is 3.50. The Morgan fingerprint density at radius 3 is 2.79 bits per heavy atom. The number of anilines is 1. The van der Waals surface area contributed by atoms with E-state index in [1.807, 2.05) is 6.07 Å². The Hall–Kier alpha value is -1.17. The zero-order chi connectivity index (χ0) is 14.6. The van der Waals surface area contributed by atoms with Crippen molar-refractivity contribution in [1.82, 2.24) is 9.29 Å². The van der Waals surface area contributed by atoms with E-state index < -0.39 is 10.0 Å². The number of pyridine rings is 1. The first kappa shape index (κ1) is 15.9. The summed E-state index contributed by atoms with van der Waals surface area (Å²) in [5, 5.41) is 11.5. The van der Waals surface area contributed by atoms with Crippen LogP contribution in [0.2, 0.25) is 0 Å². The van der Waals surface area contributed by atoms with E-state index in [2.05, 4.69) is 26.2 Å². The number of hydrogen-bond acceptors (Lipinski definition) is 5. The molecule has 1 aromatic rings. The molecule has 0 aliphatic rings. The van der Waals surface area contributed by atoms with Gasteiger partial charge in [-0.15, -0.1) is 0 Å². The maximum Gasteiger partial charge on any atom is 0.246 e. The quantitative estimate of drug-likeness (QED) is 0.876. The second kappa shape index (κ2) is 6.32. The summed E-state index contributed by atoms with van der Waals surface area (Å²) in [5.74, 6) is -0.0995.